The first kappa shape index (κ1) is 13.4. The zero-order valence-corrected chi connectivity index (χ0v) is 12.3. The van der Waals surface area contributed by atoms with E-state index in [2.05, 4.69) is 20.4 Å². The third kappa shape index (κ3) is 2.20. The maximum atomic E-state index is 12.3. The molecule has 1 aromatic carbocycles. The van der Waals surface area contributed by atoms with E-state index in [9.17, 15) is 4.79 Å². The summed E-state index contributed by atoms with van der Waals surface area (Å²) in [6.07, 6.45) is 0. The third-order valence-corrected chi connectivity index (χ3v) is 3.91. The lowest BCUT2D eigenvalue weighted by Crippen LogP contribution is -2.15. The molecule has 3 rings (SSSR count). The molecule has 5 heteroatoms. The number of rotatable bonds is 3. The molecular formula is C16H18N4O. The Hall–Kier alpha value is -2.56. The van der Waals surface area contributed by atoms with Crippen molar-refractivity contribution >= 4 is 0 Å². The van der Waals surface area contributed by atoms with Gasteiger partial charge in [-0.1, -0.05) is 30.3 Å². The number of aromatic nitrogens is 4. The van der Waals surface area contributed by atoms with Gasteiger partial charge in [0.25, 0.3) is 5.56 Å². The van der Waals surface area contributed by atoms with Crippen LogP contribution in [0, 0.1) is 20.8 Å². The van der Waals surface area contributed by atoms with Crippen molar-refractivity contribution in [1.29, 1.82) is 0 Å². The molecule has 0 amide bonds. The van der Waals surface area contributed by atoms with Gasteiger partial charge in [-0.2, -0.15) is 5.10 Å². The largest absolute Gasteiger partial charge is 0.302 e. The van der Waals surface area contributed by atoms with Gasteiger partial charge in [0.1, 0.15) is 0 Å². The van der Waals surface area contributed by atoms with E-state index in [-0.39, 0.29) is 11.5 Å². The Morgan fingerprint density at radius 2 is 1.67 bits per heavy atom. The van der Waals surface area contributed by atoms with Crippen LogP contribution in [0.25, 0.3) is 0 Å². The summed E-state index contributed by atoms with van der Waals surface area (Å²) in [6, 6.07) is 10.0. The van der Waals surface area contributed by atoms with Gasteiger partial charge < -0.3 is 5.10 Å². The van der Waals surface area contributed by atoms with E-state index >= 15 is 0 Å². The van der Waals surface area contributed by atoms with Gasteiger partial charge in [-0.05, 0) is 26.3 Å². The number of hydrogen-bond acceptors (Lipinski definition) is 2. The summed E-state index contributed by atoms with van der Waals surface area (Å²) in [5.41, 5.74) is 5.57. The molecule has 1 unspecified atom stereocenters. The Bertz CT molecular complexity index is 791. The first-order valence-electron chi connectivity index (χ1n) is 6.93. The van der Waals surface area contributed by atoms with Crippen LogP contribution in [0.3, 0.4) is 0 Å². The molecule has 0 aliphatic rings. The Kier molecular flexibility index (Phi) is 3.25. The number of aromatic amines is 3. The van der Waals surface area contributed by atoms with Crippen LogP contribution in [0.15, 0.2) is 35.1 Å². The van der Waals surface area contributed by atoms with Crippen molar-refractivity contribution in [1.82, 2.24) is 20.4 Å². The normalized spacial score (nSPS) is 12.5. The second-order valence-corrected chi connectivity index (χ2v) is 5.31. The van der Waals surface area contributed by atoms with E-state index in [4.69, 9.17) is 0 Å². The summed E-state index contributed by atoms with van der Waals surface area (Å²) in [5.74, 6) is -0.125. The molecule has 0 spiro atoms. The summed E-state index contributed by atoms with van der Waals surface area (Å²) < 4.78 is 0. The van der Waals surface area contributed by atoms with Crippen molar-refractivity contribution < 1.29 is 0 Å². The average molecular weight is 282 g/mol. The quantitative estimate of drug-likeness (QED) is 0.690. The fraction of sp³-hybridized carbons (Fsp3) is 0.250. The Balaban J connectivity index is 2.29. The summed E-state index contributed by atoms with van der Waals surface area (Å²) in [4.78, 5) is 12.3. The highest BCUT2D eigenvalue weighted by atomic mass is 16.1. The second-order valence-electron chi connectivity index (χ2n) is 5.31. The maximum Gasteiger partial charge on any atom is 0.268 e. The average Bonchev–Trinajstić information content (AvgIpc) is 2.98. The minimum Gasteiger partial charge on any atom is -0.302 e. The molecule has 0 radical (unpaired) electrons. The molecule has 0 bridgehead atoms. The molecule has 1 atom stereocenters. The Labute approximate surface area is 122 Å². The number of hydrogen-bond donors (Lipinski definition) is 3. The van der Waals surface area contributed by atoms with Gasteiger partial charge in [0.05, 0.1) is 11.3 Å². The minimum atomic E-state index is -0.125. The van der Waals surface area contributed by atoms with Gasteiger partial charge in [-0.25, -0.2) is 0 Å². The van der Waals surface area contributed by atoms with E-state index in [1.165, 1.54) is 0 Å². The van der Waals surface area contributed by atoms with Crippen LogP contribution in [-0.4, -0.2) is 20.4 Å². The molecule has 3 N–H and O–H groups in total. The molecular weight excluding hydrogens is 264 g/mol. The van der Waals surface area contributed by atoms with E-state index in [1.54, 1.807) is 0 Å². The molecule has 5 nitrogen and oxygen atoms in total. The zero-order valence-electron chi connectivity index (χ0n) is 12.3. The molecule has 3 aromatic rings. The van der Waals surface area contributed by atoms with Crippen LogP contribution in [-0.2, 0) is 0 Å². The van der Waals surface area contributed by atoms with Crippen molar-refractivity contribution in [3.05, 3.63) is 74.5 Å². The van der Waals surface area contributed by atoms with E-state index in [0.717, 1.165) is 33.8 Å². The van der Waals surface area contributed by atoms with Gasteiger partial charge in [0, 0.05) is 22.9 Å². The number of benzene rings is 1. The van der Waals surface area contributed by atoms with Gasteiger partial charge >= 0.3 is 0 Å². The van der Waals surface area contributed by atoms with Crippen molar-refractivity contribution in [3.8, 4) is 0 Å². The topological polar surface area (TPSA) is 77.3 Å². The van der Waals surface area contributed by atoms with Crippen LogP contribution in [0.2, 0.25) is 0 Å². The van der Waals surface area contributed by atoms with Crippen molar-refractivity contribution in [2.45, 2.75) is 26.7 Å². The molecule has 0 saturated heterocycles. The molecule has 0 saturated carbocycles. The number of aryl methyl sites for hydroxylation is 3. The fourth-order valence-electron chi connectivity index (χ4n) is 2.91. The van der Waals surface area contributed by atoms with Crippen LogP contribution < -0.4 is 5.56 Å². The minimum absolute atomic E-state index is 0.0821. The smallest absolute Gasteiger partial charge is 0.268 e. The van der Waals surface area contributed by atoms with Gasteiger partial charge in [0.15, 0.2) is 0 Å². The van der Waals surface area contributed by atoms with E-state index in [1.807, 2.05) is 51.1 Å². The summed E-state index contributed by atoms with van der Waals surface area (Å²) in [6.45, 7) is 5.86. The third-order valence-electron chi connectivity index (χ3n) is 3.91. The first-order valence-corrected chi connectivity index (χ1v) is 6.93. The lowest BCUT2D eigenvalue weighted by atomic mass is 9.84. The molecule has 21 heavy (non-hydrogen) atoms. The van der Waals surface area contributed by atoms with Gasteiger partial charge in [-0.15, -0.1) is 0 Å². The van der Waals surface area contributed by atoms with Gasteiger partial charge in [-0.3, -0.25) is 15.0 Å². The predicted molar refractivity (Wildman–Crippen MR) is 81.6 cm³/mol. The van der Waals surface area contributed by atoms with Gasteiger partial charge in [0.2, 0.25) is 0 Å². The van der Waals surface area contributed by atoms with Crippen LogP contribution in [0.4, 0.5) is 0 Å². The monoisotopic (exact) mass is 282 g/mol. The SMILES string of the molecule is Cc1n[nH]c(C)c1C(c1ccccc1)c1c(C)[nH][nH]c1=O. The first-order chi connectivity index (χ1) is 10.1. The summed E-state index contributed by atoms with van der Waals surface area (Å²) in [7, 11) is 0. The zero-order chi connectivity index (χ0) is 15.0. The van der Waals surface area contributed by atoms with E-state index in [0.29, 0.717) is 0 Å². The highest BCUT2D eigenvalue weighted by molar-refractivity contribution is 5.46. The van der Waals surface area contributed by atoms with Crippen molar-refractivity contribution in [2.75, 3.05) is 0 Å². The molecule has 0 aliphatic heterocycles. The number of H-pyrrole nitrogens is 3. The summed E-state index contributed by atoms with van der Waals surface area (Å²) in [5, 5.41) is 12.9. The van der Waals surface area contributed by atoms with Crippen LogP contribution >= 0.6 is 0 Å². The Morgan fingerprint density at radius 1 is 0.952 bits per heavy atom. The lowest BCUT2D eigenvalue weighted by molar-refractivity contribution is 0.930. The van der Waals surface area contributed by atoms with Crippen molar-refractivity contribution in [3.63, 3.8) is 0 Å². The van der Waals surface area contributed by atoms with Crippen LogP contribution in [0.1, 0.15) is 39.7 Å². The predicted octanol–water partition coefficient (Wildman–Crippen LogP) is 2.53. The molecule has 0 aliphatic carbocycles. The highest BCUT2D eigenvalue weighted by Crippen LogP contribution is 2.34. The molecule has 2 aromatic heterocycles. The fourth-order valence-corrected chi connectivity index (χ4v) is 2.91. The Morgan fingerprint density at radius 3 is 2.19 bits per heavy atom. The maximum absolute atomic E-state index is 12.3. The van der Waals surface area contributed by atoms with E-state index < -0.39 is 0 Å². The summed E-state index contributed by atoms with van der Waals surface area (Å²) >= 11 is 0. The molecule has 0 fully saturated rings. The number of nitrogens with zero attached hydrogens (tertiary/aromatic N) is 1. The molecule has 108 valence electrons. The lowest BCUT2D eigenvalue weighted by Gasteiger charge is -2.17. The van der Waals surface area contributed by atoms with Crippen molar-refractivity contribution in [2.24, 2.45) is 0 Å². The second kappa shape index (κ2) is 5.09. The highest BCUT2D eigenvalue weighted by Gasteiger charge is 2.27. The number of nitrogens with one attached hydrogen (secondary N) is 3. The van der Waals surface area contributed by atoms with Crippen LogP contribution in [0.5, 0.6) is 0 Å². The molecule has 2 heterocycles. The standard InChI is InChI=1S/C16H18N4O/c1-9-13(10(2)18-17-9)15(12-7-5-4-6-8-12)14-11(3)19-20-16(14)21/h4-8,15H,1-3H3,(H,17,18)(H2,19,20,21).